The number of hydrogen-bond acceptors (Lipinski definition) is 2. The van der Waals surface area contributed by atoms with Crippen molar-refractivity contribution < 1.29 is 9.84 Å². The molecule has 0 unspecified atom stereocenters. The average molecular weight is 306 g/mol. The van der Waals surface area contributed by atoms with Gasteiger partial charge in [-0.15, -0.1) is 6.58 Å². The first-order valence-electron chi connectivity index (χ1n) is 9.08. The Kier molecular flexibility index (Phi) is 3.63. The molecule has 22 heavy (non-hydrogen) atoms. The minimum Gasteiger partial charge on any atom is -0.393 e. The Morgan fingerprint density at radius 1 is 1.09 bits per heavy atom. The minimum absolute atomic E-state index is 0.191. The van der Waals surface area contributed by atoms with Crippen molar-refractivity contribution in [3.05, 3.63) is 12.7 Å². The Hall–Kier alpha value is -0.340. The summed E-state index contributed by atoms with van der Waals surface area (Å²) < 4.78 is 6.59. The molecule has 2 nitrogen and oxygen atoms in total. The molecule has 6 atom stereocenters. The standard InChI is InChI=1S/C20H34O2/c1-7-18(4)13-14(21)16-19(5)11-8-10-17(2,3)15(19)9-12-20(16,6)22-18/h7,14-16,21H,1,8-13H2,2-6H3/t14-,15+,16-,18-,19+,20-/m1/s1. The second-order valence-corrected chi connectivity index (χ2v) is 9.62. The Morgan fingerprint density at radius 2 is 1.77 bits per heavy atom. The summed E-state index contributed by atoms with van der Waals surface area (Å²) in [6.45, 7) is 15.6. The van der Waals surface area contributed by atoms with E-state index in [4.69, 9.17) is 4.74 Å². The Bertz CT molecular complexity index is 470. The molecule has 1 aliphatic heterocycles. The first-order chi connectivity index (χ1) is 10.1. The summed E-state index contributed by atoms with van der Waals surface area (Å²) in [5.74, 6) is 0.935. The van der Waals surface area contributed by atoms with Crippen LogP contribution in [0, 0.1) is 22.7 Å². The van der Waals surface area contributed by atoms with E-state index >= 15 is 0 Å². The number of fused-ring (bicyclic) bond motifs is 3. The summed E-state index contributed by atoms with van der Waals surface area (Å²) in [5, 5.41) is 11.1. The van der Waals surface area contributed by atoms with Crippen LogP contribution in [0.15, 0.2) is 12.7 Å². The van der Waals surface area contributed by atoms with Crippen LogP contribution in [-0.2, 0) is 4.74 Å². The van der Waals surface area contributed by atoms with Gasteiger partial charge in [-0.1, -0.05) is 33.3 Å². The third-order valence-electron chi connectivity index (χ3n) is 7.47. The summed E-state index contributed by atoms with van der Waals surface area (Å²) in [5.41, 5.74) is -0.0404. The second kappa shape index (κ2) is 4.83. The summed E-state index contributed by atoms with van der Waals surface area (Å²) in [6, 6.07) is 0. The average Bonchev–Trinajstić information content (AvgIpc) is 2.35. The first kappa shape index (κ1) is 16.5. The van der Waals surface area contributed by atoms with E-state index < -0.39 is 5.60 Å². The van der Waals surface area contributed by atoms with Crippen LogP contribution < -0.4 is 0 Å². The molecule has 0 amide bonds. The van der Waals surface area contributed by atoms with Crippen molar-refractivity contribution in [2.24, 2.45) is 22.7 Å². The first-order valence-corrected chi connectivity index (χ1v) is 9.08. The molecule has 3 fully saturated rings. The fourth-order valence-electron chi connectivity index (χ4n) is 6.74. The van der Waals surface area contributed by atoms with Crippen molar-refractivity contribution in [1.82, 2.24) is 0 Å². The summed E-state index contributed by atoms with van der Waals surface area (Å²) in [4.78, 5) is 0. The molecule has 2 aliphatic carbocycles. The van der Waals surface area contributed by atoms with Crippen LogP contribution in [0.25, 0.3) is 0 Å². The van der Waals surface area contributed by atoms with Crippen LogP contribution in [0.5, 0.6) is 0 Å². The lowest BCUT2D eigenvalue weighted by atomic mass is 9.44. The number of ether oxygens (including phenoxy) is 1. The maximum absolute atomic E-state index is 11.1. The van der Waals surface area contributed by atoms with E-state index in [1.165, 1.54) is 25.7 Å². The van der Waals surface area contributed by atoms with Gasteiger partial charge in [0.05, 0.1) is 17.3 Å². The lowest BCUT2D eigenvalue weighted by molar-refractivity contribution is -0.283. The molecule has 0 aromatic carbocycles. The molecule has 0 aromatic heterocycles. The van der Waals surface area contributed by atoms with E-state index in [-0.39, 0.29) is 23.0 Å². The zero-order valence-corrected chi connectivity index (χ0v) is 15.1. The van der Waals surface area contributed by atoms with Gasteiger partial charge in [-0.05, 0) is 56.3 Å². The minimum atomic E-state index is -0.391. The van der Waals surface area contributed by atoms with Gasteiger partial charge in [-0.25, -0.2) is 0 Å². The van der Waals surface area contributed by atoms with Crippen molar-refractivity contribution in [1.29, 1.82) is 0 Å². The van der Waals surface area contributed by atoms with Crippen molar-refractivity contribution >= 4 is 0 Å². The molecular weight excluding hydrogens is 272 g/mol. The molecule has 126 valence electrons. The number of aliphatic hydroxyl groups is 1. The zero-order chi connectivity index (χ0) is 16.4. The molecule has 0 spiro atoms. The van der Waals surface area contributed by atoms with Gasteiger partial charge in [-0.2, -0.15) is 0 Å². The van der Waals surface area contributed by atoms with E-state index in [1.807, 2.05) is 6.08 Å². The number of hydrogen-bond donors (Lipinski definition) is 1. The summed E-state index contributed by atoms with van der Waals surface area (Å²) in [6.07, 6.45) is 8.38. The maximum atomic E-state index is 11.1. The van der Waals surface area contributed by atoms with Gasteiger partial charge in [0.25, 0.3) is 0 Å². The third kappa shape index (κ3) is 2.21. The van der Waals surface area contributed by atoms with Crippen LogP contribution in [0.2, 0.25) is 0 Å². The fraction of sp³-hybridized carbons (Fsp3) is 0.900. The van der Waals surface area contributed by atoms with E-state index in [1.54, 1.807) is 0 Å². The molecule has 2 saturated carbocycles. The lowest BCUT2D eigenvalue weighted by Gasteiger charge is -2.66. The van der Waals surface area contributed by atoms with Gasteiger partial charge >= 0.3 is 0 Å². The molecule has 0 bridgehead atoms. The Balaban J connectivity index is 2.01. The van der Waals surface area contributed by atoms with E-state index in [0.717, 1.165) is 6.42 Å². The van der Waals surface area contributed by atoms with E-state index in [2.05, 4.69) is 41.2 Å². The van der Waals surface area contributed by atoms with Crippen LogP contribution in [0.1, 0.15) is 73.1 Å². The normalized spacial score (nSPS) is 54.2. The van der Waals surface area contributed by atoms with Gasteiger partial charge < -0.3 is 9.84 Å². The maximum Gasteiger partial charge on any atom is 0.0864 e. The number of aliphatic hydroxyl groups excluding tert-OH is 1. The van der Waals surface area contributed by atoms with Gasteiger partial charge in [0.15, 0.2) is 0 Å². The van der Waals surface area contributed by atoms with E-state index in [9.17, 15) is 5.11 Å². The molecule has 1 N–H and O–H groups in total. The van der Waals surface area contributed by atoms with Crippen molar-refractivity contribution in [2.45, 2.75) is 90.4 Å². The lowest BCUT2D eigenvalue weighted by Crippen LogP contribution is -2.66. The summed E-state index contributed by atoms with van der Waals surface area (Å²) >= 11 is 0. The van der Waals surface area contributed by atoms with Crippen LogP contribution in [0.4, 0.5) is 0 Å². The van der Waals surface area contributed by atoms with Crippen LogP contribution in [0.3, 0.4) is 0 Å². The third-order valence-corrected chi connectivity index (χ3v) is 7.47. The molecule has 1 saturated heterocycles. The Morgan fingerprint density at radius 3 is 2.41 bits per heavy atom. The van der Waals surface area contributed by atoms with Crippen molar-refractivity contribution in [2.75, 3.05) is 0 Å². The Labute approximate surface area is 136 Å². The highest BCUT2D eigenvalue weighted by Gasteiger charge is 2.63. The van der Waals surface area contributed by atoms with E-state index in [0.29, 0.717) is 17.8 Å². The molecular formula is C20H34O2. The van der Waals surface area contributed by atoms with Gasteiger partial charge in [0, 0.05) is 12.3 Å². The molecule has 0 radical (unpaired) electrons. The van der Waals surface area contributed by atoms with Crippen LogP contribution in [-0.4, -0.2) is 22.4 Å². The largest absolute Gasteiger partial charge is 0.393 e. The predicted octanol–water partition coefficient (Wildman–Crippen LogP) is 4.71. The second-order valence-electron chi connectivity index (χ2n) is 9.62. The molecule has 1 heterocycles. The predicted molar refractivity (Wildman–Crippen MR) is 90.7 cm³/mol. The van der Waals surface area contributed by atoms with Gasteiger partial charge in [0.2, 0.25) is 0 Å². The molecule has 3 aliphatic rings. The molecule has 0 aromatic rings. The zero-order valence-electron chi connectivity index (χ0n) is 15.1. The topological polar surface area (TPSA) is 29.5 Å². The number of rotatable bonds is 1. The molecule has 3 rings (SSSR count). The van der Waals surface area contributed by atoms with Crippen molar-refractivity contribution in [3.8, 4) is 0 Å². The quantitative estimate of drug-likeness (QED) is 0.711. The highest BCUT2D eigenvalue weighted by molar-refractivity contribution is 5.15. The fourth-order valence-corrected chi connectivity index (χ4v) is 6.74. The highest BCUT2D eigenvalue weighted by atomic mass is 16.5. The van der Waals surface area contributed by atoms with Crippen molar-refractivity contribution in [3.63, 3.8) is 0 Å². The van der Waals surface area contributed by atoms with Crippen LogP contribution >= 0.6 is 0 Å². The summed E-state index contributed by atoms with van der Waals surface area (Å²) in [7, 11) is 0. The smallest absolute Gasteiger partial charge is 0.0864 e. The highest BCUT2D eigenvalue weighted by Crippen LogP contribution is 2.65. The SMILES string of the molecule is C=C[C@]1(C)C[C@@H](O)[C@@H]2[C@@]3(C)CCCC(C)(C)[C@@H]3CC[C@@]2(C)O1. The molecule has 2 heteroatoms. The monoisotopic (exact) mass is 306 g/mol. The van der Waals surface area contributed by atoms with Gasteiger partial charge in [-0.3, -0.25) is 0 Å². The van der Waals surface area contributed by atoms with Gasteiger partial charge in [0.1, 0.15) is 0 Å².